The summed E-state index contributed by atoms with van der Waals surface area (Å²) in [5, 5.41) is 8.34. The Bertz CT molecular complexity index is 274. The number of carboxylic acids is 1. The summed E-state index contributed by atoms with van der Waals surface area (Å²) in [5.74, 6) is -0.770. The predicted octanol–water partition coefficient (Wildman–Crippen LogP) is 0.961. The van der Waals surface area contributed by atoms with Crippen molar-refractivity contribution in [1.82, 2.24) is 4.72 Å². The fraction of sp³-hybridized carbons (Fsp3) is 0.889. The molecular weight excluding hydrogens is 218 g/mol. The van der Waals surface area contributed by atoms with Gasteiger partial charge in [0, 0.05) is 13.0 Å². The number of nitrogens with one attached hydrogen (secondary N) is 1. The van der Waals surface area contributed by atoms with Gasteiger partial charge in [-0.3, -0.25) is 4.79 Å². The molecule has 0 aliphatic heterocycles. The predicted molar refractivity (Wildman–Crippen MR) is 58.2 cm³/mol. The van der Waals surface area contributed by atoms with Gasteiger partial charge in [-0.25, -0.2) is 13.1 Å². The Morgan fingerprint density at radius 3 is 2.47 bits per heavy atom. The van der Waals surface area contributed by atoms with E-state index in [2.05, 4.69) is 4.72 Å². The number of unbranched alkanes of at least 4 members (excludes halogenated alkanes) is 2. The van der Waals surface area contributed by atoms with E-state index < -0.39 is 16.0 Å². The lowest BCUT2D eigenvalue weighted by Gasteiger charge is -2.04. The van der Waals surface area contributed by atoms with Crippen molar-refractivity contribution >= 4 is 16.0 Å². The van der Waals surface area contributed by atoms with Gasteiger partial charge in [0.2, 0.25) is 10.0 Å². The number of hydrogen-bond acceptors (Lipinski definition) is 3. The lowest BCUT2D eigenvalue weighted by atomic mass is 10.3. The molecule has 6 heteroatoms. The van der Waals surface area contributed by atoms with Crippen LogP contribution in [0.4, 0.5) is 0 Å². The number of carbonyl (C=O) groups is 1. The largest absolute Gasteiger partial charge is 0.481 e. The zero-order valence-corrected chi connectivity index (χ0v) is 9.85. The molecule has 0 radical (unpaired) electrons. The van der Waals surface area contributed by atoms with Crippen LogP contribution in [0.3, 0.4) is 0 Å². The van der Waals surface area contributed by atoms with E-state index in [-0.39, 0.29) is 18.7 Å². The van der Waals surface area contributed by atoms with Gasteiger partial charge in [0.25, 0.3) is 0 Å². The second-order valence-corrected chi connectivity index (χ2v) is 5.34. The fourth-order valence-electron chi connectivity index (χ4n) is 1.08. The topological polar surface area (TPSA) is 83.5 Å². The average Bonchev–Trinajstić information content (AvgIpc) is 2.13. The standard InChI is InChI=1S/C9H19NO4S/c1-2-3-4-8-15(13,14)10-7-5-6-9(11)12/h10H,2-8H2,1H3,(H,11,12). The third kappa shape index (κ3) is 9.68. The third-order valence-corrected chi connectivity index (χ3v) is 3.38. The van der Waals surface area contributed by atoms with Crippen LogP contribution in [-0.4, -0.2) is 31.8 Å². The number of sulfonamides is 1. The molecule has 15 heavy (non-hydrogen) atoms. The molecule has 0 aromatic rings. The van der Waals surface area contributed by atoms with Crippen molar-refractivity contribution in [3.8, 4) is 0 Å². The number of aliphatic carboxylic acids is 1. The lowest BCUT2D eigenvalue weighted by Crippen LogP contribution is -2.27. The lowest BCUT2D eigenvalue weighted by molar-refractivity contribution is -0.137. The highest BCUT2D eigenvalue weighted by Gasteiger charge is 2.08. The molecule has 0 aliphatic rings. The van der Waals surface area contributed by atoms with E-state index in [1.807, 2.05) is 6.92 Å². The summed E-state index contributed by atoms with van der Waals surface area (Å²) in [7, 11) is -3.19. The van der Waals surface area contributed by atoms with Gasteiger partial charge in [-0.2, -0.15) is 0 Å². The molecular formula is C9H19NO4S. The molecule has 90 valence electrons. The quantitative estimate of drug-likeness (QED) is 0.585. The molecule has 5 nitrogen and oxygen atoms in total. The molecule has 0 aromatic heterocycles. The SMILES string of the molecule is CCCCCS(=O)(=O)NCCCC(=O)O. The Kier molecular flexibility index (Phi) is 7.33. The van der Waals surface area contributed by atoms with Gasteiger partial charge in [0.1, 0.15) is 0 Å². The zero-order chi connectivity index (χ0) is 11.7. The first-order valence-electron chi connectivity index (χ1n) is 5.17. The number of rotatable bonds is 9. The van der Waals surface area contributed by atoms with E-state index in [4.69, 9.17) is 5.11 Å². The molecule has 0 fully saturated rings. The minimum Gasteiger partial charge on any atom is -0.481 e. The molecule has 0 atom stereocenters. The van der Waals surface area contributed by atoms with Crippen LogP contribution < -0.4 is 4.72 Å². The van der Waals surface area contributed by atoms with Crippen LogP contribution in [0.1, 0.15) is 39.0 Å². The summed E-state index contributed by atoms with van der Waals surface area (Å²) in [6, 6.07) is 0. The van der Waals surface area contributed by atoms with Crippen LogP contribution in [-0.2, 0) is 14.8 Å². The Balaban J connectivity index is 3.60. The molecule has 2 N–H and O–H groups in total. The van der Waals surface area contributed by atoms with Gasteiger partial charge in [-0.05, 0) is 12.8 Å². The molecule has 0 unspecified atom stereocenters. The Morgan fingerprint density at radius 1 is 1.27 bits per heavy atom. The first-order valence-corrected chi connectivity index (χ1v) is 6.82. The molecule has 0 heterocycles. The van der Waals surface area contributed by atoms with Crippen LogP contribution in [0.15, 0.2) is 0 Å². The van der Waals surface area contributed by atoms with Crippen molar-refractivity contribution in [2.24, 2.45) is 0 Å². The maximum Gasteiger partial charge on any atom is 0.303 e. The van der Waals surface area contributed by atoms with Gasteiger partial charge in [-0.1, -0.05) is 19.8 Å². The molecule has 0 amide bonds. The number of carboxylic acid groups (broad SMARTS) is 1. The first kappa shape index (κ1) is 14.4. The first-order chi connectivity index (χ1) is 6.98. The third-order valence-electron chi connectivity index (χ3n) is 1.91. The molecule has 0 rings (SSSR count). The highest BCUT2D eigenvalue weighted by molar-refractivity contribution is 7.89. The highest BCUT2D eigenvalue weighted by Crippen LogP contribution is 1.98. The van der Waals surface area contributed by atoms with Gasteiger partial charge in [0.05, 0.1) is 5.75 Å². The summed E-state index contributed by atoms with van der Waals surface area (Å²) in [4.78, 5) is 10.2. The summed E-state index contributed by atoms with van der Waals surface area (Å²) < 4.78 is 25.0. The molecule has 0 aliphatic carbocycles. The monoisotopic (exact) mass is 237 g/mol. The second-order valence-electron chi connectivity index (χ2n) is 3.42. The summed E-state index contributed by atoms with van der Waals surface area (Å²) in [6.07, 6.45) is 2.87. The Hall–Kier alpha value is -0.620. The normalized spacial score (nSPS) is 11.5. The number of hydrogen-bond donors (Lipinski definition) is 2. The summed E-state index contributed by atoms with van der Waals surface area (Å²) in [6.45, 7) is 2.22. The van der Waals surface area contributed by atoms with Crippen molar-refractivity contribution in [3.63, 3.8) is 0 Å². The van der Waals surface area contributed by atoms with Crippen LogP contribution in [0.5, 0.6) is 0 Å². The van der Waals surface area contributed by atoms with Crippen molar-refractivity contribution in [1.29, 1.82) is 0 Å². The van der Waals surface area contributed by atoms with E-state index in [0.717, 1.165) is 12.8 Å². The van der Waals surface area contributed by atoms with Crippen molar-refractivity contribution in [3.05, 3.63) is 0 Å². The summed E-state index contributed by atoms with van der Waals surface area (Å²) in [5.41, 5.74) is 0. The van der Waals surface area contributed by atoms with Crippen LogP contribution in [0.25, 0.3) is 0 Å². The van der Waals surface area contributed by atoms with Gasteiger partial charge >= 0.3 is 5.97 Å². The van der Waals surface area contributed by atoms with E-state index in [1.54, 1.807) is 0 Å². The molecule has 0 spiro atoms. The van der Waals surface area contributed by atoms with Gasteiger partial charge < -0.3 is 5.11 Å². The molecule has 0 saturated carbocycles. The maximum absolute atomic E-state index is 11.3. The van der Waals surface area contributed by atoms with E-state index in [9.17, 15) is 13.2 Å². The molecule has 0 aromatic carbocycles. The van der Waals surface area contributed by atoms with Gasteiger partial charge in [0.15, 0.2) is 0 Å². The smallest absolute Gasteiger partial charge is 0.303 e. The minimum atomic E-state index is -3.19. The van der Waals surface area contributed by atoms with Crippen LogP contribution in [0, 0.1) is 0 Å². The Labute approximate surface area is 90.9 Å². The minimum absolute atomic E-state index is 0.00250. The zero-order valence-electron chi connectivity index (χ0n) is 9.03. The maximum atomic E-state index is 11.3. The van der Waals surface area contributed by atoms with Gasteiger partial charge in [-0.15, -0.1) is 0 Å². The molecule has 0 bridgehead atoms. The second kappa shape index (κ2) is 7.64. The summed E-state index contributed by atoms with van der Waals surface area (Å²) >= 11 is 0. The molecule has 0 saturated heterocycles. The van der Waals surface area contributed by atoms with Crippen molar-refractivity contribution in [2.45, 2.75) is 39.0 Å². The van der Waals surface area contributed by atoms with E-state index >= 15 is 0 Å². The van der Waals surface area contributed by atoms with Crippen LogP contribution >= 0.6 is 0 Å². The highest BCUT2D eigenvalue weighted by atomic mass is 32.2. The Morgan fingerprint density at radius 2 is 1.93 bits per heavy atom. The fourth-order valence-corrected chi connectivity index (χ4v) is 2.27. The van der Waals surface area contributed by atoms with E-state index in [1.165, 1.54) is 0 Å². The van der Waals surface area contributed by atoms with Crippen molar-refractivity contribution < 1.29 is 18.3 Å². The average molecular weight is 237 g/mol. The van der Waals surface area contributed by atoms with E-state index in [0.29, 0.717) is 12.8 Å². The van der Waals surface area contributed by atoms with Crippen LogP contribution in [0.2, 0.25) is 0 Å². The van der Waals surface area contributed by atoms with Crippen molar-refractivity contribution in [2.75, 3.05) is 12.3 Å².